The number of hydrogen-bond acceptors (Lipinski definition) is 6. The third kappa shape index (κ3) is 12.9. The topological polar surface area (TPSA) is 177 Å². The summed E-state index contributed by atoms with van der Waals surface area (Å²) in [5.41, 5.74) is 4.27. The molecule has 0 spiro atoms. The average molecular weight is 484 g/mol. The van der Waals surface area contributed by atoms with E-state index in [1.807, 2.05) is 0 Å². The van der Waals surface area contributed by atoms with Gasteiger partial charge in [-0.2, -0.15) is 0 Å². The second-order valence-corrected chi connectivity index (χ2v) is 8.34. The van der Waals surface area contributed by atoms with E-state index >= 15 is 0 Å². The lowest BCUT2D eigenvalue weighted by atomic mass is 9.81. The molecule has 11 heteroatoms. The van der Waals surface area contributed by atoms with Crippen LogP contribution >= 0.6 is 0 Å². The van der Waals surface area contributed by atoms with Crippen LogP contribution in [0.5, 0.6) is 0 Å². The second-order valence-electron chi connectivity index (χ2n) is 8.34. The standard InChI is InChI=1S/C23H41N5O6/c1-5-16(29)11-14-23(15-12-21(33)26-4,13-7-8-20(32)25-3)28-22(34)17(9-10-18(24)30)27-19(31)6-2/h17H,5-15H2,1-4H3,(H2,24,30)(H,25,32)(H,26,33)(H,27,31)(H,28,34)/t17-,23?/m0/s1. The monoisotopic (exact) mass is 483 g/mol. The summed E-state index contributed by atoms with van der Waals surface area (Å²) in [5.74, 6) is -1.87. The summed E-state index contributed by atoms with van der Waals surface area (Å²) in [7, 11) is 3.04. The Morgan fingerprint density at radius 3 is 1.88 bits per heavy atom. The van der Waals surface area contributed by atoms with Gasteiger partial charge < -0.3 is 27.0 Å². The van der Waals surface area contributed by atoms with Gasteiger partial charge in [-0.1, -0.05) is 13.8 Å². The summed E-state index contributed by atoms with van der Waals surface area (Å²) in [6.07, 6.45) is 2.21. The van der Waals surface area contributed by atoms with Crippen LogP contribution in [0.4, 0.5) is 0 Å². The first-order chi connectivity index (χ1) is 16.0. The van der Waals surface area contributed by atoms with Gasteiger partial charge in [0.2, 0.25) is 29.5 Å². The fourth-order valence-corrected chi connectivity index (χ4v) is 3.51. The summed E-state index contributed by atoms with van der Waals surface area (Å²) < 4.78 is 0. The van der Waals surface area contributed by atoms with Crippen molar-refractivity contribution in [3.8, 4) is 0 Å². The molecule has 0 bridgehead atoms. The number of amides is 5. The number of rotatable bonds is 18. The Labute approximate surface area is 201 Å². The lowest BCUT2D eigenvalue weighted by Gasteiger charge is -2.36. The van der Waals surface area contributed by atoms with Crippen LogP contribution in [-0.4, -0.2) is 61.0 Å². The van der Waals surface area contributed by atoms with Crippen LogP contribution in [0.2, 0.25) is 0 Å². The van der Waals surface area contributed by atoms with Crippen molar-refractivity contribution in [1.29, 1.82) is 0 Å². The molecule has 0 heterocycles. The van der Waals surface area contributed by atoms with Crippen molar-refractivity contribution in [3.05, 3.63) is 0 Å². The molecule has 0 aromatic carbocycles. The van der Waals surface area contributed by atoms with Crippen molar-refractivity contribution >= 4 is 35.3 Å². The van der Waals surface area contributed by atoms with Gasteiger partial charge in [0, 0.05) is 58.2 Å². The van der Waals surface area contributed by atoms with Crippen LogP contribution < -0.4 is 27.0 Å². The first kappa shape index (κ1) is 31.0. The minimum Gasteiger partial charge on any atom is -0.370 e. The van der Waals surface area contributed by atoms with Crippen molar-refractivity contribution in [3.63, 3.8) is 0 Å². The number of carbonyl (C=O) groups excluding carboxylic acids is 6. The molecule has 0 saturated carbocycles. The van der Waals surface area contributed by atoms with Crippen LogP contribution in [0, 0.1) is 0 Å². The highest BCUT2D eigenvalue weighted by Crippen LogP contribution is 2.27. The smallest absolute Gasteiger partial charge is 0.243 e. The predicted octanol–water partition coefficient (Wildman–Crippen LogP) is 0.204. The third-order valence-electron chi connectivity index (χ3n) is 5.76. The van der Waals surface area contributed by atoms with Crippen LogP contribution in [0.25, 0.3) is 0 Å². The molecule has 1 unspecified atom stereocenters. The van der Waals surface area contributed by atoms with Crippen LogP contribution in [0.1, 0.15) is 84.5 Å². The average Bonchev–Trinajstić information content (AvgIpc) is 2.82. The summed E-state index contributed by atoms with van der Waals surface area (Å²) in [6.45, 7) is 3.39. The maximum atomic E-state index is 13.3. The molecule has 0 aliphatic carbocycles. The van der Waals surface area contributed by atoms with E-state index in [0.717, 1.165) is 0 Å². The molecule has 11 nitrogen and oxygen atoms in total. The Bertz CT molecular complexity index is 705. The molecule has 0 aromatic rings. The lowest BCUT2D eigenvalue weighted by molar-refractivity contribution is -0.131. The predicted molar refractivity (Wildman–Crippen MR) is 127 cm³/mol. The zero-order valence-corrected chi connectivity index (χ0v) is 20.9. The fraction of sp³-hybridized carbons (Fsp3) is 0.739. The lowest BCUT2D eigenvalue weighted by Crippen LogP contribution is -2.56. The van der Waals surface area contributed by atoms with Gasteiger partial charge in [-0.15, -0.1) is 0 Å². The van der Waals surface area contributed by atoms with E-state index in [4.69, 9.17) is 5.73 Å². The van der Waals surface area contributed by atoms with Crippen molar-refractivity contribution in [2.45, 2.75) is 96.1 Å². The summed E-state index contributed by atoms with van der Waals surface area (Å²) in [4.78, 5) is 72.4. The number of nitrogens with two attached hydrogens (primary N) is 1. The highest BCUT2D eigenvalue weighted by molar-refractivity contribution is 5.89. The number of carbonyl (C=O) groups is 6. The van der Waals surface area contributed by atoms with Crippen LogP contribution in [0.3, 0.4) is 0 Å². The Kier molecular flexibility index (Phi) is 15.1. The van der Waals surface area contributed by atoms with Gasteiger partial charge >= 0.3 is 0 Å². The minimum absolute atomic E-state index is 0.00873. The third-order valence-corrected chi connectivity index (χ3v) is 5.76. The molecular weight excluding hydrogens is 442 g/mol. The first-order valence-electron chi connectivity index (χ1n) is 11.8. The van der Waals surface area contributed by atoms with E-state index < -0.39 is 23.4 Å². The molecule has 34 heavy (non-hydrogen) atoms. The maximum absolute atomic E-state index is 13.3. The van der Waals surface area contributed by atoms with E-state index in [1.54, 1.807) is 13.8 Å². The van der Waals surface area contributed by atoms with Crippen molar-refractivity contribution in [1.82, 2.24) is 21.3 Å². The molecule has 5 amide bonds. The maximum Gasteiger partial charge on any atom is 0.243 e. The number of hydrogen-bond donors (Lipinski definition) is 5. The SMILES string of the molecule is CCC(=O)CCC(CCCC(=O)NC)(CCC(=O)NC)NC(=O)[C@H](CCC(N)=O)NC(=O)CC. The van der Waals surface area contributed by atoms with Crippen molar-refractivity contribution < 1.29 is 28.8 Å². The van der Waals surface area contributed by atoms with Gasteiger partial charge in [-0.05, 0) is 32.1 Å². The molecule has 0 aromatic heterocycles. The molecule has 0 radical (unpaired) electrons. The first-order valence-corrected chi connectivity index (χ1v) is 11.8. The zero-order valence-electron chi connectivity index (χ0n) is 20.9. The highest BCUT2D eigenvalue weighted by Gasteiger charge is 2.35. The molecule has 0 rings (SSSR count). The second kappa shape index (κ2) is 16.6. The molecule has 0 aliphatic rings. The molecule has 0 fully saturated rings. The molecule has 0 saturated heterocycles. The number of Topliss-reactive ketones (excluding diaryl/α,β-unsaturated/α-hetero) is 1. The largest absolute Gasteiger partial charge is 0.370 e. The fourth-order valence-electron chi connectivity index (χ4n) is 3.51. The summed E-state index contributed by atoms with van der Waals surface area (Å²) in [6, 6.07) is -1.000. The quantitative estimate of drug-likeness (QED) is 0.186. The Morgan fingerprint density at radius 1 is 0.765 bits per heavy atom. The van der Waals surface area contributed by atoms with Gasteiger partial charge in [-0.25, -0.2) is 0 Å². The Balaban J connectivity index is 5.91. The molecule has 2 atom stereocenters. The Morgan fingerprint density at radius 2 is 1.35 bits per heavy atom. The van der Waals surface area contributed by atoms with E-state index in [0.29, 0.717) is 19.3 Å². The van der Waals surface area contributed by atoms with Crippen LogP contribution in [0.15, 0.2) is 0 Å². The number of ketones is 1. The zero-order chi connectivity index (χ0) is 26.1. The van der Waals surface area contributed by atoms with Gasteiger partial charge in [0.1, 0.15) is 11.8 Å². The number of primary amides is 1. The summed E-state index contributed by atoms with van der Waals surface area (Å²) in [5, 5.41) is 10.7. The van der Waals surface area contributed by atoms with Crippen LogP contribution in [-0.2, 0) is 28.8 Å². The minimum atomic E-state index is -1.000. The highest BCUT2D eigenvalue weighted by atomic mass is 16.2. The number of nitrogens with one attached hydrogen (secondary N) is 4. The summed E-state index contributed by atoms with van der Waals surface area (Å²) >= 11 is 0. The van der Waals surface area contributed by atoms with Gasteiger partial charge in [0.25, 0.3) is 0 Å². The molecule has 194 valence electrons. The van der Waals surface area contributed by atoms with E-state index in [-0.39, 0.29) is 74.9 Å². The molecule has 0 aliphatic heterocycles. The van der Waals surface area contributed by atoms with Gasteiger partial charge in [-0.3, -0.25) is 28.8 Å². The Hall–Kier alpha value is -2.98. The van der Waals surface area contributed by atoms with E-state index in [2.05, 4.69) is 21.3 Å². The van der Waals surface area contributed by atoms with Gasteiger partial charge in [0.05, 0.1) is 0 Å². The van der Waals surface area contributed by atoms with Crippen molar-refractivity contribution in [2.75, 3.05) is 14.1 Å². The van der Waals surface area contributed by atoms with E-state index in [1.165, 1.54) is 14.1 Å². The van der Waals surface area contributed by atoms with Crippen molar-refractivity contribution in [2.24, 2.45) is 5.73 Å². The normalized spacial score (nSPS) is 13.2. The van der Waals surface area contributed by atoms with E-state index in [9.17, 15) is 28.8 Å². The molecular formula is C23H41N5O6. The molecule has 6 N–H and O–H groups in total. The van der Waals surface area contributed by atoms with Gasteiger partial charge in [0.15, 0.2) is 0 Å².